The fraction of sp³-hybridized carbons (Fsp3) is 0.190. The highest BCUT2D eigenvalue weighted by Crippen LogP contribution is 2.26. The van der Waals surface area contributed by atoms with Gasteiger partial charge in [0.05, 0.1) is 13.8 Å². The summed E-state index contributed by atoms with van der Waals surface area (Å²) in [5, 5.41) is 1.49. The van der Waals surface area contributed by atoms with E-state index in [2.05, 4.69) is 86.1 Å². The van der Waals surface area contributed by atoms with Gasteiger partial charge in [0.1, 0.15) is 0 Å². The normalized spacial score (nSPS) is 11.5. The summed E-state index contributed by atoms with van der Waals surface area (Å²) in [6.07, 6.45) is 2.00. The van der Waals surface area contributed by atoms with Crippen LogP contribution in [0.5, 0.6) is 0 Å². The summed E-state index contributed by atoms with van der Waals surface area (Å²) in [4.78, 5) is 4.67. The monoisotopic (exact) mass is 317 g/mol. The van der Waals surface area contributed by atoms with E-state index >= 15 is 0 Å². The Morgan fingerprint density at radius 2 is 1.43 bits per heavy atom. The van der Waals surface area contributed by atoms with E-state index in [-0.39, 0.29) is 0 Å². The van der Waals surface area contributed by atoms with E-state index < -0.39 is 8.07 Å². The largest absolute Gasteiger partial charge is 0.256 e. The number of benzene rings is 2. The third kappa shape index (κ3) is 3.43. The van der Waals surface area contributed by atoms with Crippen LogP contribution in [-0.4, -0.2) is 13.1 Å². The number of hydrogen-bond acceptors (Lipinski definition) is 1. The van der Waals surface area contributed by atoms with Crippen molar-refractivity contribution in [2.45, 2.75) is 26.6 Å². The quantitative estimate of drug-likeness (QED) is 0.600. The lowest BCUT2D eigenvalue weighted by molar-refractivity contribution is 1.29. The molecule has 0 fully saturated rings. The summed E-state index contributed by atoms with van der Waals surface area (Å²) >= 11 is 0. The Balaban J connectivity index is 1.95. The molecule has 0 amide bonds. The van der Waals surface area contributed by atoms with Gasteiger partial charge >= 0.3 is 0 Å². The predicted molar refractivity (Wildman–Crippen MR) is 103 cm³/mol. The molecule has 0 atom stereocenters. The Kier molecular flexibility index (Phi) is 4.18. The second kappa shape index (κ2) is 6.13. The van der Waals surface area contributed by atoms with Crippen molar-refractivity contribution < 1.29 is 0 Å². The summed E-state index contributed by atoms with van der Waals surface area (Å²) in [7, 11) is -1.24. The Hall–Kier alpha value is -2.19. The first-order valence-electron chi connectivity index (χ1n) is 8.08. The fourth-order valence-electron chi connectivity index (χ4n) is 2.77. The van der Waals surface area contributed by atoms with Gasteiger partial charge in [-0.15, -0.1) is 0 Å². The van der Waals surface area contributed by atoms with Crippen LogP contribution in [0.3, 0.4) is 0 Å². The lowest BCUT2D eigenvalue weighted by Gasteiger charge is -2.17. The molecule has 0 unspecified atom stereocenters. The molecule has 1 nitrogen and oxygen atoms in total. The van der Waals surface area contributed by atoms with Gasteiger partial charge in [-0.05, 0) is 24.1 Å². The molecule has 0 saturated heterocycles. The van der Waals surface area contributed by atoms with E-state index in [1.54, 1.807) is 0 Å². The minimum atomic E-state index is -1.24. The lowest BCUT2D eigenvalue weighted by Crippen LogP contribution is -2.37. The molecule has 0 aliphatic heterocycles. The van der Waals surface area contributed by atoms with Crippen LogP contribution in [0.4, 0.5) is 0 Å². The summed E-state index contributed by atoms with van der Waals surface area (Å²) in [5.41, 5.74) is 5.92. The predicted octanol–water partition coefficient (Wildman–Crippen LogP) is 5.27. The Morgan fingerprint density at radius 3 is 2.00 bits per heavy atom. The van der Waals surface area contributed by atoms with Gasteiger partial charge in [0.2, 0.25) is 0 Å². The smallest absolute Gasteiger partial charge is 0.0775 e. The van der Waals surface area contributed by atoms with Crippen LogP contribution in [0.25, 0.3) is 22.4 Å². The molecule has 0 saturated carbocycles. The minimum absolute atomic E-state index is 1.03. The number of aromatic nitrogens is 1. The number of rotatable bonds is 3. The van der Waals surface area contributed by atoms with Gasteiger partial charge in [0.25, 0.3) is 0 Å². The molecule has 0 aliphatic rings. The topological polar surface area (TPSA) is 12.9 Å². The van der Waals surface area contributed by atoms with Crippen LogP contribution in [0, 0.1) is 6.92 Å². The van der Waals surface area contributed by atoms with Crippen molar-refractivity contribution >= 4 is 13.3 Å². The first-order valence-corrected chi connectivity index (χ1v) is 11.6. The highest BCUT2D eigenvalue weighted by Gasteiger charge is 2.16. The molecule has 2 heteroatoms. The van der Waals surface area contributed by atoms with E-state index in [9.17, 15) is 0 Å². The molecule has 0 spiro atoms. The molecule has 23 heavy (non-hydrogen) atoms. The van der Waals surface area contributed by atoms with E-state index in [1.165, 1.54) is 21.9 Å². The third-order valence-electron chi connectivity index (χ3n) is 4.24. The second-order valence-corrected chi connectivity index (χ2v) is 12.2. The number of hydrogen-bond donors (Lipinski definition) is 0. The molecule has 1 aromatic heterocycles. The molecule has 3 rings (SSSR count). The average Bonchev–Trinajstić information content (AvgIpc) is 2.55. The average molecular weight is 318 g/mol. The summed E-state index contributed by atoms with van der Waals surface area (Å²) in [6, 6.07) is 21.6. The molecule has 0 N–H and O–H groups in total. The zero-order chi connectivity index (χ0) is 16.4. The Bertz CT molecular complexity index is 799. The maximum Gasteiger partial charge on any atom is 0.0775 e. The standard InChI is InChI=1S/C21H23NSi/c1-16-14-21(18-8-6-5-7-9-18)22-15-20(16)17-10-12-19(13-11-17)23(2,3)4/h5-15H,1-4H3. The van der Waals surface area contributed by atoms with Crippen LogP contribution in [0.2, 0.25) is 19.6 Å². The number of pyridine rings is 1. The van der Waals surface area contributed by atoms with Crippen LogP contribution in [-0.2, 0) is 0 Å². The molecule has 0 aliphatic carbocycles. The van der Waals surface area contributed by atoms with Gasteiger partial charge in [-0.3, -0.25) is 4.98 Å². The van der Waals surface area contributed by atoms with Crippen molar-refractivity contribution in [3.63, 3.8) is 0 Å². The Labute approximate surface area is 140 Å². The maximum atomic E-state index is 4.67. The maximum absolute atomic E-state index is 4.67. The second-order valence-electron chi connectivity index (χ2n) is 7.08. The minimum Gasteiger partial charge on any atom is -0.256 e. The zero-order valence-corrected chi connectivity index (χ0v) is 15.3. The van der Waals surface area contributed by atoms with Gasteiger partial charge < -0.3 is 0 Å². The molecular weight excluding hydrogens is 294 g/mol. The molecule has 1 heterocycles. The molecule has 3 aromatic rings. The van der Waals surface area contributed by atoms with Crippen molar-refractivity contribution in [1.29, 1.82) is 0 Å². The lowest BCUT2D eigenvalue weighted by atomic mass is 10.0. The van der Waals surface area contributed by atoms with Crippen LogP contribution < -0.4 is 5.19 Å². The van der Waals surface area contributed by atoms with Gasteiger partial charge in [0, 0.05) is 17.3 Å². The van der Waals surface area contributed by atoms with E-state index in [4.69, 9.17) is 0 Å². The van der Waals surface area contributed by atoms with Crippen molar-refractivity contribution in [3.05, 3.63) is 72.4 Å². The van der Waals surface area contributed by atoms with Gasteiger partial charge in [-0.1, -0.05) is 79.4 Å². The highest BCUT2D eigenvalue weighted by atomic mass is 28.3. The van der Waals surface area contributed by atoms with Crippen LogP contribution in [0.15, 0.2) is 66.9 Å². The van der Waals surface area contributed by atoms with Gasteiger partial charge in [-0.25, -0.2) is 0 Å². The molecule has 0 bridgehead atoms. The zero-order valence-electron chi connectivity index (χ0n) is 14.3. The van der Waals surface area contributed by atoms with Crippen molar-refractivity contribution in [2.24, 2.45) is 0 Å². The first kappa shape index (κ1) is 15.7. The summed E-state index contributed by atoms with van der Waals surface area (Å²) in [6.45, 7) is 9.30. The summed E-state index contributed by atoms with van der Waals surface area (Å²) in [5.74, 6) is 0. The van der Waals surface area contributed by atoms with E-state index in [0.29, 0.717) is 0 Å². The molecular formula is C21H23NSi. The van der Waals surface area contributed by atoms with Gasteiger partial charge in [-0.2, -0.15) is 0 Å². The highest BCUT2D eigenvalue weighted by molar-refractivity contribution is 6.88. The Morgan fingerprint density at radius 1 is 0.783 bits per heavy atom. The SMILES string of the molecule is Cc1cc(-c2ccccc2)ncc1-c1ccc([Si](C)(C)C)cc1. The van der Waals surface area contributed by atoms with E-state index in [1.807, 2.05) is 12.3 Å². The van der Waals surface area contributed by atoms with Crippen molar-refractivity contribution in [3.8, 4) is 22.4 Å². The summed E-state index contributed by atoms with van der Waals surface area (Å²) < 4.78 is 0. The number of aryl methyl sites for hydroxylation is 1. The molecule has 116 valence electrons. The fourth-order valence-corrected chi connectivity index (χ4v) is 3.94. The molecule has 2 aromatic carbocycles. The number of nitrogens with zero attached hydrogens (tertiary/aromatic N) is 1. The molecule has 0 radical (unpaired) electrons. The first-order chi connectivity index (χ1) is 10.9. The van der Waals surface area contributed by atoms with Crippen LogP contribution >= 0.6 is 0 Å². The van der Waals surface area contributed by atoms with Crippen LogP contribution in [0.1, 0.15) is 5.56 Å². The van der Waals surface area contributed by atoms with E-state index in [0.717, 1.165) is 11.3 Å². The van der Waals surface area contributed by atoms with Crippen molar-refractivity contribution in [2.75, 3.05) is 0 Å². The van der Waals surface area contributed by atoms with Crippen molar-refractivity contribution in [1.82, 2.24) is 4.98 Å². The third-order valence-corrected chi connectivity index (χ3v) is 6.31. The van der Waals surface area contributed by atoms with Gasteiger partial charge in [0.15, 0.2) is 0 Å².